The van der Waals surface area contributed by atoms with Gasteiger partial charge in [-0.25, -0.2) is 9.97 Å². The summed E-state index contributed by atoms with van der Waals surface area (Å²) >= 11 is 11.6. The minimum Gasteiger partial charge on any atom is -0.423 e. The topological polar surface area (TPSA) is 90.3 Å². The molecule has 0 amide bonds. The van der Waals surface area contributed by atoms with Gasteiger partial charge in [-0.2, -0.15) is 0 Å². The third kappa shape index (κ3) is 11.8. The van der Waals surface area contributed by atoms with Gasteiger partial charge in [0.05, 0.1) is 11.4 Å². The first-order valence-corrected chi connectivity index (χ1v) is 17.0. The summed E-state index contributed by atoms with van der Waals surface area (Å²) in [7, 11) is -1.34. The quantitative estimate of drug-likeness (QED) is 0.0973. The Morgan fingerprint density at radius 2 is 0.824 bits per heavy atom. The van der Waals surface area contributed by atoms with E-state index in [9.17, 15) is 0 Å². The molecule has 0 saturated heterocycles. The number of benzene rings is 5. The van der Waals surface area contributed by atoms with Gasteiger partial charge in [-0.3, -0.25) is 0 Å². The number of aryl methyl sites for hydroxylation is 2. The molecule has 0 bridgehead atoms. The molecule has 0 unspecified atom stereocenters. The molecule has 2 aromatic heterocycles. The Balaban J connectivity index is 0.000000170. The number of hydrogen-bond acceptors (Lipinski definition) is 6. The van der Waals surface area contributed by atoms with E-state index in [-0.39, 0.29) is 0 Å². The molecular weight excluding hydrogens is 674 g/mol. The molecule has 0 fully saturated rings. The molecule has 254 valence electrons. The number of hydrogen-bond donors (Lipinski definition) is 4. The van der Waals surface area contributed by atoms with Crippen LogP contribution >= 0.6 is 23.2 Å². The predicted octanol–water partition coefficient (Wildman–Crippen LogP) is 10.3. The highest BCUT2D eigenvalue weighted by Crippen LogP contribution is 2.29. The Bertz CT molecular complexity index is 2030. The lowest BCUT2D eigenvalue weighted by atomic mass is 9.81. The molecule has 0 atom stereocenters. The smallest absolute Gasteiger partial charge is 0.423 e. The lowest BCUT2D eigenvalue weighted by molar-refractivity contribution is 0.426. The summed E-state index contributed by atoms with van der Waals surface area (Å²) in [6.07, 6.45) is 0. The molecule has 0 saturated carbocycles. The minimum atomic E-state index is -1.34. The van der Waals surface area contributed by atoms with E-state index >= 15 is 0 Å². The fourth-order valence-electron chi connectivity index (χ4n) is 4.89. The highest BCUT2D eigenvalue weighted by Gasteiger charge is 2.09. The molecule has 0 aliphatic rings. The van der Waals surface area contributed by atoms with Crippen molar-refractivity contribution in [3.63, 3.8) is 0 Å². The van der Waals surface area contributed by atoms with Crippen LogP contribution in [-0.2, 0) is 0 Å². The van der Waals surface area contributed by atoms with Crippen molar-refractivity contribution in [2.45, 2.75) is 13.8 Å². The fourth-order valence-corrected chi connectivity index (χ4v) is 5.35. The zero-order valence-electron chi connectivity index (χ0n) is 28.2. The Hall–Kier alpha value is -5.44. The molecule has 4 N–H and O–H groups in total. The highest BCUT2D eigenvalue weighted by atomic mass is 35.5. The van der Waals surface area contributed by atoms with Gasteiger partial charge in [-0.05, 0) is 67.8 Å². The second kappa shape index (κ2) is 18.5. The number of rotatable bonds is 7. The van der Waals surface area contributed by atoms with Crippen LogP contribution < -0.4 is 16.1 Å². The molecule has 7 rings (SSSR count). The summed E-state index contributed by atoms with van der Waals surface area (Å²) < 4.78 is 0. The normalized spacial score (nSPS) is 10.2. The molecule has 0 aliphatic heterocycles. The first-order chi connectivity index (χ1) is 24.7. The number of nitrogens with zero attached hydrogens (tertiary/aromatic N) is 2. The molecule has 5 aromatic carbocycles. The van der Waals surface area contributed by atoms with Gasteiger partial charge in [-0.1, -0.05) is 150 Å². The Kier molecular flexibility index (Phi) is 13.4. The number of pyridine rings is 2. The van der Waals surface area contributed by atoms with Crippen molar-refractivity contribution in [3.8, 4) is 22.5 Å². The third-order valence-electron chi connectivity index (χ3n) is 7.51. The molecule has 9 heteroatoms. The lowest BCUT2D eigenvalue weighted by Gasteiger charge is -2.12. The van der Waals surface area contributed by atoms with Crippen molar-refractivity contribution in [1.82, 2.24) is 9.97 Å². The average Bonchev–Trinajstić information content (AvgIpc) is 3.15. The molecule has 0 radical (unpaired) electrons. The van der Waals surface area contributed by atoms with E-state index in [1.165, 1.54) is 11.1 Å². The van der Waals surface area contributed by atoms with Crippen LogP contribution in [0.2, 0.25) is 10.3 Å². The van der Waals surface area contributed by atoms with Gasteiger partial charge >= 0.3 is 7.12 Å². The van der Waals surface area contributed by atoms with Crippen LogP contribution in [0.15, 0.2) is 164 Å². The van der Waals surface area contributed by atoms with E-state index in [0.29, 0.717) is 15.8 Å². The van der Waals surface area contributed by atoms with Gasteiger partial charge in [0.1, 0.15) is 10.3 Å². The summed E-state index contributed by atoms with van der Waals surface area (Å²) in [5, 5.41) is 24.6. The molecule has 2 heterocycles. The van der Waals surface area contributed by atoms with Gasteiger partial charge in [0.25, 0.3) is 0 Å². The van der Waals surface area contributed by atoms with E-state index in [1.807, 2.05) is 73.7 Å². The summed E-state index contributed by atoms with van der Waals surface area (Å²) in [5.41, 5.74) is 11.0. The number of anilines is 4. The zero-order valence-corrected chi connectivity index (χ0v) is 29.7. The van der Waals surface area contributed by atoms with Crippen molar-refractivity contribution in [2.24, 2.45) is 0 Å². The van der Waals surface area contributed by atoms with Crippen molar-refractivity contribution < 1.29 is 10.0 Å². The van der Waals surface area contributed by atoms with Crippen molar-refractivity contribution in [3.05, 3.63) is 185 Å². The molecule has 7 aromatic rings. The van der Waals surface area contributed by atoms with E-state index in [0.717, 1.165) is 45.3 Å². The van der Waals surface area contributed by atoms with Gasteiger partial charge in [0, 0.05) is 33.9 Å². The standard InChI is InChI=1S/C24H20N2.C12H10Cl2N2.C6H7BO2/c1-18-12-14-21(15-13-18)25-22-16-23(19-8-4-2-5-9-19)26-24(17-22)20-10-6-3-7-11-20;1-8-2-4-9(5-3-8)15-10-6-11(13)16-12(14)7-10;8-7(9)6-4-2-1-3-5-6/h2-17H,1H3,(H,25,26);2-7H,1H3,(H,15,16);1-5,8-9H. The van der Waals surface area contributed by atoms with Crippen LogP contribution in [0.3, 0.4) is 0 Å². The van der Waals surface area contributed by atoms with E-state index in [2.05, 4.69) is 83.2 Å². The summed E-state index contributed by atoms with van der Waals surface area (Å²) in [6, 6.07) is 53.4. The van der Waals surface area contributed by atoms with E-state index in [4.69, 9.17) is 38.2 Å². The molecule has 0 spiro atoms. The summed E-state index contributed by atoms with van der Waals surface area (Å²) in [5.74, 6) is 0. The van der Waals surface area contributed by atoms with Gasteiger partial charge < -0.3 is 20.7 Å². The lowest BCUT2D eigenvalue weighted by Crippen LogP contribution is -2.29. The monoisotopic (exact) mass is 710 g/mol. The first kappa shape index (κ1) is 36.8. The largest absolute Gasteiger partial charge is 0.488 e. The highest BCUT2D eigenvalue weighted by molar-refractivity contribution is 6.58. The van der Waals surface area contributed by atoms with Crippen LogP contribution in [0.25, 0.3) is 22.5 Å². The van der Waals surface area contributed by atoms with Crippen molar-refractivity contribution in [2.75, 3.05) is 10.6 Å². The van der Waals surface area contributed by atoms with Gasteiger partial charge in [0.15, 0.2) is 0 Å². The van der Waals surface area contributed by atoms with Crippen LogP contribution in [0.4, 0.5) is 22.7 Å². The minimum absolute atomic E-state index is 0.377. The van der Waals surface area contributed by atoms with Crippen LogP contribution in [0.1, 0.15) is 11.1 Å². The maximum atomic E-state index is 8.58. The molecule has 51 heavy (non-hydrogen) atoms. The predicted molar refractivity (Wildman–Crippen MR) is 215 cm³/mol. The van der Waals surface area contributed by atoms with Crippen LogP contribution in [0, 0.1) is 13.8 Å². The summed E-state index contributed by atoms with van der Waals surface area (Å²) in [6.45, 7) is 4.14. The average molecular weight is 712 g/mol. The fraction of sp³-hybridized carbons (Fsp3) is 0.0476. The maximum Gasteiger partial charge on any atom is 0.488 e. The SMILES string of the molecule is Cc1ccc(Nc2cc(-c3ccccc3)nc(-c3ccccc3)c2)cc1.Cc1ccc(Nc2cc(Cl)nc(Cl)c2)cc1.OB(O)c1ccccc1. The number of nitrogens with one attached hydrogen (secondary N) is 2. The van der Waals surface area contributed by atoms with Crippen molar-refractivity contribution in [1.29, 1.82) is 0 Å². The van der Waals surface area contributed by atoms with Gasteiger partial charge in [-0.15, -0.1) is 0 Å². The second-order valence-electron chi connectivity index (χ2n) is 11.6. The third-order valence-corrected chi connectivity index (χ3v) is 7.89. The van der Waals surface area contributed by atoms with Gasteiger partial charge in [0.2, 0.25) is 0 Å². The first-order valence-electron chi connectivity index (χ1n) is 16.3. The molecule has 6 nitrogen and oxygen atoms in total. The molecular formula is C42H37BCl2N4O2. The van der Waals surface area contributed by atoms with E-state index in [1.54, 1.807) is 36.4 Å². The van der Waals surface area contributed by atoms with Crippen molar-refractivity contribution >= 4 is 58.5 Å². The number of halogens is 2. The maximum absolute atomic E-state index is 8.58. The van der Waals surface area contributed by atoms with E-state index < -0.39 is 7.12 Å². The zero-order chi connectivity index (χ0) is 36.0. The Morgan fingerprint density at radius 1 is 0.451 bits per heavy atom. The molecule has 0 aliphatic carbocycles. The second-order valence-corrected chi connectivity index (χ2v) is 12.4. The Labute approximate surface area is 309 Å². The van der Waals surface area contributed by atoms with Crippen LogP contribution in [0.5, 0.6) is 0 Å². The number of aromatic nitrogens is 2. The van der Waals surface area contributed by atoms with Crippen LogP contribution in [-0.4, -0.2) is 27.1 Å². The Morgan fingerprint density at radius 3 is 1.20 bits per heavy atom. The summed E-state index contributed by atoms with van der Waals surface area (Å²) in [4.78, 5) is 8.77.